The smallest absolute Gasteiger partial charge is 0.312 e. The van der Waals surface area contributed by atoms with Gasteiger partial charge in [0.25, 0.3) is 0 Å². The van der Waals surface area contributed by atoms with Crippen molar-refractivity contribution in [1.29, 1.82) is 0 Å². The van der Waals surface area contributed by atoms with Gasteiger partial charge < -0.3 is 5.11 Å². The number of hydrogen-bond acceptors (Lipinski definition) is 4. The van der Waals surface area contributed by atoms with E-state index in [4.69, 9.17) is 11.6 Å². The average molecular weight is 309 g/mol. The molecule has 1 aromatic heterocycles. The number of rotatable bonds is 3. The predicted octanol–water partition coefficient (Wildman–Crippen LogP) is 2.98. The summed E-state index contributed by atoms with van der Waals surface area (Å²) in [6.45, 7) is 1.89. The number of nitrogens with zero attached hydrogens (tertiary/aromatic N) is 2. The van der Waals surface area contributed by atoms with Crippen LogP contribution in [0.5, 0.6) is 0 Å². The van der Waals surface area contributed by atoms with Crippen LogP contribution in [-0.2, 0) is 17.9 Å². The summed E-state index contributed by atoms with van der Waals surface area (Å²) in [6, 6.07) is 7.74. The molecule has 0 spiro atoms. The second-order valence-electron chi connectivity index (χ2n) is 4.82. The molecule has 1 atom stereocenters. The fourth-order valence-electron chi connectivity index (χ4n) is 2.56. The number of carboxylic acids is 1. The zero-order chi connectivity index (χ0) is 14.1. The number of aliphatic carboxylic acids is 1. The lowest BCUT2D eigenvalue weighted by Gasteiger charge is -2.32. The molecule has 0 aliphatic carbocycles. The third-order valence-corrected chi connectivity index (χ3v) is 4.55. The van der Waals surface area contributed by atoms with Crippen molar-refractivity contribution in [2.75, 3.05) is 6.54 Å². The molecule has 1 N–H and O–H groups in total. The van der Waals surface area contributed by atoms with Gasteiger partial charge in [-0.2, -0.15) is 0 Å². The predicted molar refractivity (Wildman–Crippen MR) is 78.1 cm³/mol. The molecule has 104 valence electrons. The molecule has 0 fully saturated rings. The minimum atomic E-state index is -0.778. The van der Waals surface area contributed by atoms with E-state index in [-0.39, 0.29) is 0 Å². The molecule has 1 aromatic carbocycles. The number of aromatic nitrogens is 1. The Morgan fingerprint density at radius 2 is 2.30 bits per heavy atom. The number of carboxylic acid groups (broad SMARTS) is 1. The van der Waals surface area contributed by atoms with Crippen LogP contribution in [-0.4, -0.2) is 27.5 Å². The average Bonchev–Trinajstić information content (AvgIpc) is 2.83. The molecular formula is C14H13ClN2O2S. The van der Waals surface area contributed by atoms with Crippen LogP contribution >= 0.6 is 22.9 Å². The van der Waals surface area contributed by atoms with Crippen LogP contribution in [0.3, 0.4) is 0 Å². The van der Waals surface area contributed by atoms with Gasteiger partial charge in [-0.15, -0.1) is 11.3 Å². The highest BCUT2D eigenvalue weighted by atomic mass is 35.5. The van der Waals surface area contributed by atoms with Crippen LogP contribution in [0.4, 0.5) is 0 Å². The van der Waals surface area contributed by atoms with Crippen molar-refractivity contribution >= 4 is 28.9 Å². The second-order valence-corrected chi connectivity index (χ2v) is 6.56. The Morgan fingerprint density at radius 1 is 1.50 bits per heavy atom. The first-order chi connectivity index (χ1) is 9.63. The number of carbonyl (C=O) groups is 1. The van der Waals surface area contributed by atoms with E-state index in [0.717, 1.165) is 22.7 Å². The Labute approximate surface area is 125 Å². The summed E-state index contributed by atoms with van der Waals surface area (Å²) in [5, 5.41) is 10.3. The largest absolute Gasteiger partial charge is 0.481 e. The number of thiazole rings is 1. The van der Waals surface area contributed by atoms with Crippen molar-refractivity contribution in [3.8, 4) is 0 Å². The summed E-state index contributed by atoms with van der Waals surface area (Å²) in [4.78, 5) is 17.8. The standard InChI is InChI=1S/C14H13ClN2O2S/c15-12-5-16-13(20-12)8-17-6-9-3-1-2-4-10(9)11(7-17)14(18)19/h1-5,11H,6-8H2,(H,18,19). The third kappa shape index (κ3) is 2.70. The fraction of sp³-hybridized carbons (Fsp3) is 0.286. The van der Waals surface area contributed by atoms with Crippen molar-refractivity contribution in [3.63, 3.8) is 0 Å². The second kappa shape index (κ2) is 5.52. The van der Waals surface area contributed by atoms with Crippen LogP contribution in [0.15, 0.2) is 30.5 Å². The Bertz CT molecular complexity index is 644. The van der Waals surface area contributed by atoms with Crippen LogP contribution < -0.4 is 0 Å². The maximum Gasteiger partial charge on any atom is 0.312 e. The van der Waals surface area contributed by atoms with Crippen molar-refractivity contribution in [2.45, 2.75) is 19.0 Å². The minimum Gasteiger partial charge on any atom is -0.481 e. The van der Waals surface area contributed by atoms with Gasteiger partial charge in [0.05, 0.1) is 18.7 Å². The fourth-order valence-corrected chi connectivity index (χ4v) is 3.56. The minimum absolute atomic E-state index is 0.476. The van der Waals surface area contributed by atoms with Crippen LogP contribution in [0.25, 0.3) is 0 Å². The highest BCUT2D eigenvalue weighted by Gasteiger charge is 2.30. The lowest BCUT2D eigenvalue weighted by atomic mass is 9.90. The lowest BCUT2D eigenvalue weighted by molar-refractivity contribution is -0.139. The van der Waals surface area contributed by atoms with Gasteiger partial charge in [0.1, 0.15) is 9.34 Å². The Hall–Kier alpha value is -1.43. The number of fused-ring (bicyclic) bond motifs is 1. The number of benzene rings is 1. The zero-order valence-electron chi connectivity index (χ0n) is 10.6. The van der Waals surface area contributed by atoms with Gasteiger partial charge in [-0.25, -0.2) is 4.98 Å². The first kappa shape index (κ1) is 13.5. The van der Waals surface area contributed by atoms with E-state index >= 15 is 0 Å². The van der Waals surface area contributed by atoms with Crippen LogP contribution in [0.1, 0.15) is 22.1 Å². The highest BCUT2D eigenvalue weighted by Crippen LogP contribution is 2.30. The molecule has 4 nitrogen and oxygen atoms in total. The number of halogens is 1. The molecule has 0 saturated carbocycles. The maximum absolute atomic E-state index is 11.5. The Kier molecular flexibility index (Phi) is 3.74. The lowest BCUT2D eigenvalue weighted by Crippen LogP contribution is -2.36. The molecule has 1 aliphatic heterocycles. The zero-order valence-corrected chi connectivity index (χ0v) is 12.2. The molecule has 0 saturated heterocycles. The monoisotopic (exact) mass is 308 g/mol. The molecule has 6 heteroatoms. The Balaban J connectivity index is 1.84. The molecule has 2 aromatic rings. The van der Waals surface area contributed by atoms with Crippen molar-refractivity contribution < 1.29 is 9.90 Å². The van der Waals surface area contributed by atoms with Crippen molar-refractivity contribution in [1.82, 2.24) is 9.88 Å². The van der Waals surface area contributed by atoms with Gasteiger partial charge >= 0.3 is 5.97 Å². The van der Waals surface area contributed by atoms with E-state index in [1.807, 2.05) is 24.3 Å². The molecule has 2 heterocycles. The molecule has 20 heavy (non-hydrogen) atoms. The van der Waals surface area contributed by atoms with Gasteiger partial charge in [0.2, 0.25) is 0 Å². The van der Waals surface area contributed by atoms with E-state index in [9.17, 15) is 9.90 Å². The van der Waals surface area contributed by atoms with Gasteiger partial charge in [-0.05, 0) is 11.1 Å². The van der Waals surface area contributed by atoms with Gasteiger partial charge in [0.15, 0.2) is 0 Å². The summed E-state index contributed by atoms with van der Waals surface area (Å²) in [5.74, 6) is -1.25. The van der Waals surface area contributed by atoms with Crippen LogP contribution in [0, 0.1) is 0 Å². The molecular weight excluding hydrogens is 296 g/mol. The first-order valence-corrected chi connectivity index (χ1v) is 7.46. The van der Waals surface area contributed by atoms with E-state index < -0.39 is 11.9 Å². The topological polar surface area (TPSA) is 53.4 Å². The normalized spacial score (nSPS) is 18.8. The highest BCUT2D eigenvalue weighted by molar-refractivity contribution is 7.15. The molecule has 0 bridgehead atoms. The van der Waals surface area contributed by atoms with Crippen LogP contribution in [0.2, 0.25) is 4.34 Å². The summed E-state index contributed by atoms with van der Waals surface area (Å²) in [5.41, 5.74) is 2.00. The SMILES string of the molecule is O=C(O)C1CN(Cc2ncc(Cl)s2)Cc2ccccc21. The van der Waals surface area contributed by atoms with E-state index in [1.165, 1.54) is 11.3 Å². The quantitative estimate of drug-likeness (QED) is 0.947. The van der Waals surface area contributed by atoms with Gasteiger partial charge in [0, 0.05) is 13.1 Å². The Morgan fingerprint density at radius 3 is 3.00 bits per heavy atom. The van der Waals surface area contributed by atoms with Gasteiger partial charge in [-0.3, -0.25) is 9.69 Å². The molecule has 0 radical (unpaired) electrons. The molecule has 1 aliphatic rings. The molecule has 1 unspecified atom stereocenters. The summed E-state index contributed by atoms with van der Waals surface area (Å²) >= 11 is 7.32. The first-order valence-electron chi connectivity index (χ1n) is 6.26. The maximum atomic E-state index is 11.5. The molecule has 0 amide bonds. The summed E-state index contributed by atoms with van der Waals surface area (Å²) in [7, 11) is 0. The van der Waals surface area contributed by atoms with Gasteiger partial charge in [-0.1, -0.05) is 35.9 Å². The van der Waals surface area contributed by atoms with E-state index in [2.05, 4.69) is 9.88 Å². The summed E-state index contributed by atoms with van der Waals surface area (Å²) < 4.78 is 0.659. The third-order valence-electron chi connectivity index (χ3n) is 3.45. The van der Waals surface area contributed by atoms with Crippen molar-refractivity contribution in [3.05, 3.63) is 50.9 Å². The summed E-state index contributed by atoms with van der Waals surface area (Å²) in [6.07, 6.45) is 1.63. The molecule has 3 rings (SSSR count). The van der Waals surface area contributed by atoms with E-state index in [0.29, 0.717) is 17.4 Å². The number of hydrogen-bond donors (Lipinski definition) is 1. The van der Waals surface area contributed by atoms with Crippen molar-refractivity contribution in [2.24, 2.45) is 0 Å². The van der Waals surface area contributed by atoms with E-state index in [1.54, 1.807) is 6.20 Å².